The fraction of sp³-hybridized carbons (Fsp3) is 0.417. The fourth-order valence-corrected chi connectivity index (χ4v) is 2.00. The van der Waals surface area contributed by atoms with E-state index in [9.17, 15) is 13.6 Å². The molecule has 1 aromatic carbocycles. The van der Waals surface area contributed by atoms with Gasteiger partial charge in [0.05, 0.1) is 19.6 Å². The van der Waals surface area contributed by atoms with Gasteiger partial charge in [0.1, 0.15) is 0 Å². The quantitative estimate of drug-likeness (QED) is 0.898. The average Bonchev–Trinajstić information content (AvgIpc) is 3.11. The lowest BCUT2D eigenvalue weighted by molar-refractivity contribution is -0.140. The summed E-state index contributed by atoms with van der Waals surface area (Å²) in [5.41, 5.74) is -1.97. The first-order valence-corrected chi connectivity index (χ1v) is 5.31. The number of halogens is 2. The Morgan fingerprint density at radius 2 is 1.67 bits per heavy atom. The van der Waals surface area contributed by atoms with Crippen LogP contribution in [0.2, 0.25) is 0 Å². The van der Waals surface area contributed by atoms with E-state index >= 15 is 0 Å². The van der Waals surface area contributed by atoms with Gasteiger partial charge in [0.15, 0.2) is 23.1 Å². The van der Waals surface area contributed by atoms with Crippen molar-refractivity contribution in [1.29, 1.82) is 0 Å². The van der Waals surface area contributed by atoms with Crippen molar-refractivity contribution in [3.63, 3.8) is 0 Å². The maximum atomic E-state index is 14.1. The van der Waals surface area contributed by atoms with Gasteiger partial charge in [0, 0.05) is 11.6 Å². The summed E-state index contributed by atoms with van der Waals surface area (Å²) in [5.74, 6) is -3.64. The van der Waals surface area contributed by atoms with Crippen LogP contribution in [-0.2, 0) is 10.2 Å². The van der Waals surface area contributed by atoms with E-state index in [2.05, 4.69) is 0 Å². The van der Waals surface area contributed by atoms with Crippen LogP contribution in [0, 0.1) is 11.6 Å². The molecular weight excluding hydrogens is 246 g/mol. The molecule has 0 unspecified atom stereocenters. The van der Waals surface area contributed by atoms with E-state index in [1.165, 1.54) is 14.2 Å². The van der Waals surface area contributed by atoms with Crippen LogP contribution in [0.15, 0.2) is 6.07 Å². The van der Waals surface area contributed by atoms with E-state index in [0.717, 1.165) is 6.07 Å². The van der Waals surface area contributed by atoms with Crippen LogP contribution >= 0.6 is 0 Å². The van der Waals surface area contributed by atoms with Gasteiger partial charge in [-0.05, 0) is 12.8 Å². The van der Waals surface area contributed by atoms with Crippen LogP contribution in [-0.4, -0.2) is 25.3 Å². The molecule has 0 radical (unpaired) electrons. The number of carboxylic acid groups (broad SMARTS) is 1. The van der Waals surface area contributed by atoms with Gasteiger partial charge in [-0.1, -0.05) is 0 Å². The molecule has 0 aliphatic heterocycles. The minimum absolute atomic E-state index is 0.201. The molecule has 2 rings (SSSR count). The molecule has 1 saturated carbocycles. The summed E-state index contributed by atoms with van der Waals surface area (Å²) in [4.78, 5) is 11.2. The Hall–Kier alpha value is -1.85. The highest BCUT2D eigenvalue weighted by Crippen LogP contribution is 2.52. The van der Waals surface area contributed by atoms with E-state index in [0.29, 0.717) is 0 Å². The van der Waals surface area contributed by atoms with E-state index < -0.39 is 28.6 Å². The molecule has 0 heterocycles. The van der Waals surface area contributed by atoms with Gasteiger partial charge in [0.2, 0.25) is 0 Å². The first-order chi connectivity index (χ1) is 8.47. The lowest BCUT2D eigenvalue weighted by atomic mass is 9.94. The Morgan fingerprint density at radius 3 is 1.94 bits per heavy atom. The van der Waals surface area contributed by atoms with Crippen LogP contribution in [0.1, 0.15) is 18.4 Å². The molecule has 18 heavy (non-hydrogen) atoms. The van der Waals surface area contributed by atoms with Gasteiger partial charge in [-0.25, -0.2) is 8.78 Å². The van der Waals surface area contributed by atoms with Gasteiger partial charge < -0.3 is 14.6 Å². The number of methoxy groups -OCH3 is 2. The number of hydrogen-bond acceptors (Lipinski definition) is 3. The van der Waals surface area contributed by atoms with Gasteiger partial charge in [-0.2, -0.15) is 0 Å². The van der Waals surface area contributed by atoms with E-state index in [1.54, 1.807) is 0 Å². The summed E-state index contributed by atoms with van der Waals surface area (Å²) in [6, 6.07) is 1.06. The highest BCUT2D eigenvalue weighted by Gasteiger charge is 2.56. The van der Waals surface area contributed by atoms with Crippen molar-refractivity contribution in [2.24, 2.45) is 0 Å². The largest absolute Gasteiger partial charge is 0.494 e. The third kappa shape index (κ3) is 1.60. The van der Waals surface area contributed by atoms with Crippen LogP contribution in [0.25, 0.3) is 0 Å². The molecule has 98 valence electrons. The van der Waals surface area contributed by atoms with Crippen molar-refractivity contribution >= 4 is 5.97 Å². The second kappa shape index (κ2) is 4.12. The highest BCUT2D eigenvalue weighted by molar-refractivity contribution is 5.85. The molecule has 0 aromatic heterocycles. The summed E-state index contributed by atoms with van der Waals surface area (Å²) in [6.07, 6.45) is 0.402. The predicted octanol–water partition coefficient (Wildman–Crippen LogP) is 2.10. The molecule has 1 aliphatic rings. The van der Waals surface area contributed by atoms with E-state index in [4.69, 9.17) is 14.6 Å². The molecule has 1 aliphatic carbocycles. The summed E-state index contributed by atoms with van der Waals surface area (Å²) in [7, 11) is 2.44. The van der Waals surface area contributed by atoms with Gasteiger partial charge in [0.25, 0.3) is 0 Å². The van der Waals surface area contributed by atoms with Crippen molar-refractivity contribution in [3.8, 4) is 11.5 Å². The zero-order valence-electron chi connectivity index (χ0n) is 9.92. The Kier molecular flexibility index (Phi) is 2.88. The topological polar surface area (TPSA) is 55.8 Å². The van der Waals surface area contributed by atoms with Crippen molar-refractivity contribution in [1.82, 2.24) is 0 Å². The molecule has 0 saturated heterocycles. The van der Waals surface area contributed by atoms with Crippen LogP contribution in [0.4, 0.5) is 8.78 Å². The second-order valence-electron chi connectivity index (χ2n) is 4.17. The molecule has 6 heteroatoms. The Morgan fingerprint density at radius 1 is 1.22 bits per heavy atom. The molecule has 4 nitrogen and oxygen atoms in total. The number of ether oxygens (including phenoxy) is 2. The van der Waals surface area contributed by atoms with Gasteiger partial charge >= 0.3 is 5.97 Å². The number of hydrogen-bond donors (Lipinski definition) is 1. The van der Waals surface area contributed by atoms with Gasteiger partial charge in [-0.15, -0.1) is 0 Å². The highest BCUT2D eigenvalue weighted by atomic mass is 19.1. The Bertz CT molecular complexity index is 481. The molecule has 1 aromatic rings. The van der Waals surface area contributed by atoms with Crippen LogP contribution in [0.3, 0.4) is 0 Å². The molecule has 0 spiro atoms. The summed E-state index contributed by atoms with van der Waals surface area (Å²) in [6.45, 7) is 0. The first kappa shape index (κ1) is 12.6. The fourth-order valence-electron chi connectivity index (χ4n) is 2.00. The molecule has 1 fully saturated rings. The molecule has 0 atom stereocenters. The minimum Gasteiger partial charge on any atom is -0.494 e. The maximum Gasteiger partial charge on any atom is 0.314 e. The van der Waals surface area contributed by atoms with Crippen molar-refractivity contribution in [2.75, 3.05) is 14.2 Å². The van der Waals surface area contributed by atoms with E-state index in [1.807, 2.05) is 0 Å². The van der Waals surface area contributed by atoms with E-state index in [-0.39, 0.29) is 24.3 Å². The first-order valence-electron chi connectivity index (χ1n) is 5.31. The lowest BCUT2D eigenvalue weighted by Gasteiger charge is -2.16. The molecule has 1 N–H and O–H groups in total. The SMILES string of the molecule is COc1cc(OC)c(F)c(C2(C(=O)O)CC2)c1F. The number of carbonyl (C=O) groups is 1. The van der Waals surface area contributed by atoms with Gasteiger partial charge in [-0.3, -0.25) is 4.79 Å². The second-order valence-corrected chi connectivity index (χ2v) is 4.17. The molecule has 0 bridgehead atoms. The zero-order valence-corrected chi connectivity index (χ0v) is 9.92. The number of benzene rings is 1. The molecular formula is C12H12F2O4. The van der Waals surface area contributed by atoms with Crippen LogP contribution in [0.5, 0.6) is 11.5 Å². The van der Waals surface area contributed by atoms with Crippen molar-refractivity contribution < 1.29 is 28.2 Å². The normalized spacial score (nSPS) is 16.2. The van der Waals surface area contributed by atoms with Crippen molar-refractivity contribution in [3.05, 3.63) is 23.3 Å². The molecule has 0 amide bonds. The Balaban J connectivity index is 2.69. The maximum absolute atomic E-state index is 14.1. The number of aliphatic carboxylic acids is 1. The average molecular weight is 258 g/mol. The zero-order chi connectivity index (χ0) is 13.5. The summed E-state index contributed by atoms with van der Waals surface area (Å²) in [5, 5.41) is 9.12. The standard InChI is InChI=1S/C12H12F2O4/c1-17-6-5-7(18-2)10(14)8(9(6)13)12(3-4-12)11(15)16/h5H,3-4H2,1-2H3,(H,15,16). The van der Waals surface area contributed by atoms with Crippen LogP contribution < -0.4 is 9.47 Å². The summed E-state index contributed by atoms with van der Waals surface area (Å²) >= 11 is 0. The third-order valence-electron chi connectivity index (χ3n) is 3.21. The monoisotopic (exact) mass is 258 g/mol. The lowest BCUT2D eigenvalue weighted by Crippen LogP contribution is -2.23. The third-order valence-corrected chi connectivity index (χ3v) is 3.21. The summed E-state index contributed by atoms with van der Waals surface area (Å²) < 4.78 is 37.7. The number of rotatable bonds is 4. The smallest absolute Gasteiger partial charge is 0.314 e. The number of carboxylic acids is 1. The minimum atomic E-state index is -1.49. The van der Waals surface area contributed by atoms with Crippen molar-refractivity contribution in [2.45, 2.75) is 18.3 Å². The predicted molar refractivity (Wildman–Crippen MR) is 58.0 cm³/mol. The Labute approximate surface area is 102 Å².